The lowest BCUT2D eigenvalue weighted by atomic mass is 10.2. The first kappa shape index (κ1) is 21.4. The molecule has 2 rings (SSSR count). The fraction of sp³-hybridized carbons (Fsp3) is 0.600. The minimum atomic E-state index is -0.0835. The summed E-state index contributed by atoms with van der Waals surface area (Å²) in [5.41, 5.74) is 1.08. The third-order valence-corrected chi connectivity index (χ3v) is 6.25. The summed E-state index contributed by atoms with van der Waals surface area (Å²) in [6.45, 7) is 9.53. The number of benzene rings is 1. The highest BCUT2D eigenvalue weighted by Crippen LogP contribution is 2.44. The van der Waals surface area contributed by atoms with Gasteiger partial charge in [-0.25, -0.2) is 4.79 Å². The van der Waals surface area contributed by atoms with Gasteiger partial charge < -0.3 is 19.9 Å². The summed E-state index contributed by atoms with van der Waals surface area (Å²) in [5, 5.41) is 2.86. The zero-order valence-corrected chi connectivity index (χ0v) is 17.7. The molecule has 7 heteroatoms. The van der Waals surface area contributed by atoms with Crippen molar-refractivity contribution in [1.29, 1.82) is 0 Å². The third kappa shape index (κ3) is 5.31. The second kappa shape index (κ2) is 9.88. The van der Waals surface area contributed by atoms with Crippen LogP contribution >= 0.6 is 11.8 Å². The molecule has 1 aromatic carbocycles. The fourth-order valence-corrected chi connectivity index (χ4v) is 4.51. The summed E-state index contributed by atoms with van der Waals surface area (Å²) in [5.74, 6) is 0.956. The molecule has 1 N–H and O–H groups in total. The van der Waals surface area contributed by atoms with E-state index in [0.717, 1.165) is 17.7 Å². The highest BCUT2D eigenvalue weighted by Gasteiger charge is 2.39. The van der Waals surface area contributed by atoms with Gasteiger partial charge >= 0.3 is 6.03 Å². The zero-order valence-electron chi connectivity index (χ0n) is 16.9. The molecule has 0 saturated carbocycles. The summed E-state index contributed by atoms with van der Waals surface area (Å²) in [4.78, 5) is 28.8. The molecular weight excluding hydrogens is 362 g/mol. The molecule has 1 aliphatic rings. The van der Waals surface area contributed by atoms with Gasteiger partial charge in [-0.05, 0) is 44.9 Å². The number of urea groups is 1. The lowest BCUT2D eigenvalue weighted by Gasteiger charge is -2.29. The molecule has 0 unspecified atom stereocenters. The number of thioether (sulfide) groups is 1. The Morgan fingerprint density at radius 2 is 1.96 bits per heavy atom. The van der Waals surface area contributed by atoms with Crippen LogP contribution in [0, 0.1) is 0 Å². The summed E-state index contributed by atoms with van der Waals surface area (Å²) in [7, 11) is 1.64. The predicted octanol–water partition coefficient (Wildman–Crippen LogP) is 3.49. The summed E-state index contributed by atoms with van der Waals surface area (Å²) < 4.78 is 5.24. The minimum Gasteiger partial charge on any atom is -0.497 e. The zero-order chi connectivity index (χ0) is 20.0. The Bertz CT molecular complexity index is 636. The van der Waals surface area contributed by atoms with Crippen molar-refractivity contribution < 1.29 is 14.3 Å². The largest absolute Gasteiger partial charge is 0.497 e. The number of ether oxygens (including phenoxy) is 1. The molecule has 1 aliphatic heterocycles. The lowest BCUT2D eigenvalue weighted by Crippen LogP contribution is -2.46. The highest BCUT2D eigenvalue weighted by atomic mass is 32.2. The van der Waals surface area contributed by atoms with E-state index in [1.807, 2.05) is 56.9 Å². The van der Waals surface area contributed by atoms with Crippen LogP contribution in [0.25, 0.3) is 0 Å². The molecule has 6 nitrogen and oxygen atoms in total. The van der Waals surface area contributed by atoms with Gasteiger partial charge in [0.2, 0.25) is 5.91 Å². The number of carbonyl (C=O) groups is 2. The molecule has 0 radical (unpaired) electrons. The van der Waals surface area contributed by atoms with Gasteiger partial charge in [-0.15, -0.1) is 11.8 Å². The molecule has 3 amide bonds. The predicted molar refractivity (Wildman–Crippen MR) is 110 cm³/mol. The van der Waals surface area contributed by atoms with E-state index in [1.165, 1.54) is 0 Å². The Balaban J connectivity index is 2.12. The van der Waals surface area contributed by atoms with Gasteiger partial charge in [0, 0.05) is 25.7 Å². The Morgan fingerprint density at radius 1 is 1.30 bits per heavy atom. The topological polar surface area (TPSA) is 61.9 Å². The van der Waals surface area contributed by atoms with E-state index in [4.69, 9.17) is 4.74 Å². The SMILES string of the molecule is CC[C@H]1S[C@H](c2ccc(OC)cc2)N(CCN(CC)C(=O)NC(C)C)C1=O. The molecule has 1 aromatic rings. The minimum absolute atomic E-state index is 0.0276. The first-order valence-electron chi connectivity index (χ1n) is 9.56. The normalized spacial score (nSPS) is 19.5. The number of methoxy groups -OCH3 is 1. The Kier molecular flexibility index (Phi) is 7.83. The smallest absolute Gasteiger partial charge is 0.317 e. The van der Waals surface area contributed by atoms with Crippen LogP contribution in [0.3, 0.4) is 0 Å². The second-order valence-corrected chi connectivity index (χ2v) is 8.16. The quantitative estimate of drug-likeness (QED) is 0.734. The monoisotopic (exact) mass is 393 g/mol. The van der Waals surface area contributed by atoms with E-state index in [-0.39, 0.29) is 28.6 Å². The van der Waals surface area contributed by atoms with Crippen LogP contribution in [-0.4, -0.2) is 59.8 Å². The average Bonchev–Trinajstić information content (AvgIpc) is 2.97. The van der Waals surface area contributed by atoms with Crippen LogP contribution in [0.15, 0.2) is 24.3 Å². The van der Waals surface area contributed by atoms with Crippen molar-refractivity contribution in [2.45, 2.75) is 50.8 Å². The Labute approximate surface area is 166 Å². The van der Waals surface area contributed by atoms with Crippen LogP contribution in [0.4, 0.5) is 4.79 Å². The molecule has 27 heavy (non-hydrogen) atoms. The van der Waals surface area contributed by atoms with Crippen molar-refractivity contribution in [1.82, 2.24) is 15.1 Å². The average molecular weight is 394 g/mol. The van der Waals surface area contributed by atoms with E-state index in [1.54, 1.807) is 23.8 Å². The van der Waals surface area contributed by atoms with Gasteiger partial charge in [-0.2, -0.15) is 0 Å². The molecule has 1 fully saturated rings. The van der Waals surface area contributed by atoms with Crippen LogP contribution in [0.2, 0.25) is 0 Å². The Hall–Kier alpha value is -1.89. The number of amides is 3. The summed E-state index contributed by atoms with van der Waals surface area (Å²) in [6.07, 6.45) is 0.804. The van der Waals surface area contributed by atoms with Gasteiger partial charge in [0.25, 0.3) is 0 Å². The summed E-state index contributed by atoms with van der Waals surface area (Å²) >= 11 is 1.69. The van der Waals surface area contributed by atoms with Crippen molar-refractivity contribution in [3.8, 4) is 5.75 Å². The molecule has 0 bridgehead atoms. The number of carbonyl (C=O) groups excluding carboxylic acids is 2. The van der Waals surface area contributed by atoms with Crippen LogP contribution in [0.5, 0.6) is 5.75 Å². The van der Waals surface area contributed by atoms with Gasteiger partial charge in [-0.1, -0.05) is 19.1 Å². The number of nitrogens with one attached hydrogen (secondary N) is 1. The molecule has 0 aliphatic carbocycles. The van der Waals surface area contributed by atoms with Crippen LogP contribution < -0.4 is 10.1 Å². The fourth-order valence-electron chi connectivity index (χ4n) is 3.08. The second-order valence-electron chi connectivity index (χ2n) is 6.87. The van der Waals surface area contributed by atoms with Gasteiger partial charge in [0.05, 0.1) is 12.4 Å². The van der Waals surface area contributed by atoms with E-state index in [2.05, 4.69) is 5.32 Å². The van der Waals surface area contributed by atoms with Crippen LogP contribution in [-0.2, 0) is 4.79 Å². The van der Waals surface area contributed by atoms with Crippen molar-refractivity contribution in [3.63, 3.8) is 0 Å². The number of rotatable bonds is 8. The Morgan fingerprint density at radius 3 is 2.48 bits per heavy atom. The number of nitrogens with zero attached hydrogens (tertiary/aromatic N) is 2. The number of hydrogen-bond donors (Lipinski definition) is 1. The molecule has 2 atom stereocenters. The molecule has 1 heterocycles. The number of hydrogen-bond acceptors (Lipinski definition) is 4. The van der Waals surface area contributed by atoms with E-state index >= 15 is 0 Å². The molecule has 1 saturated heterocycles. The van der Waals surface area contributed by atoms with Gasteiger partial charge in [-0.3, -0.25) is 4.79 Å². The molecule has 150 valence electrons. The molecule has 0 aromatic heterocycles. The molecular formula is C20H31N3O3S. The summed E-state index contributed by atoms with van der Waals surface area (Å²) in [6, 6.07) is 7.88. The number of likely N-dealkylation sites (N-methyl/N-ethyl adjacent to an activating group) is 1. The first-order valence-corrected chi connectivity index (χ1v) is 10.5. The maximum absolute atomic E-state index is 12.9. The maximum atomic E-state index is 12.9. The van der Waals surface area contributed by atoms with E-state index in [0.29, 0.717) is 19.6 Å². The lowest BCUT2D eigenvalue weighted by molar-refractivity contribution is -0.130. The van der Waals surface area contributed by atoms with Gasteiger partial charge in [0.1, 0.15) is 11.1 Å². The van der Waals surface area contributed by atoms with Crippen LogP contribution in [0.1, 0.15) is 45.1 Å². The van der Waals surface area contributed by atoms with Crippen molar-refractivity contribution in [2.75, 3.05) is 26.7 Å². The van der Waals surface area contributed by atoms with Crippen molar-refractivity contribution >= 4 is 23.7 Å². The first-order chi connectivity index (χ1) is 12.9. The molecule has 0 spiro atoms. The third-order valence-electron chi connectivity index (χ3n) is 4.60. The maximum Gasteiger partial charge on any atom is 0.317 e. The van der Waals surface area contributed by atoms with E-state index < -0.39 is 0 Å². The highest BCUT2D eigenvalue weighted by molar-refractivity contribution is 8.01. The van der Waals surface area contributed by atoms with Crippen molar-refractivity contribution in [3.05, 3.63) is 29.8 Å². The van der Waals surface area contributed by atoms with Crippen molar-refractivity contribution in [2.24, 2.45) is 0 Å². The van der Waals surface area contributed by atoms with Gasteiger partial charge in [0.15, 0.2) is 0 Å². The van der Waals surface area contributed by atoms with E-state index in [9.17, 15) is 9.59 Å². The standard InChI is InChI=1S/C20H31N3O3S/c1-6-17-18(24)23(13-12-22(7-2)20(25)21-14(3)4)19(27-17)15-8-10-16(26-5)11-9-15/h8-11,14,17,19H,6-7,12-13H2,1-5H3,(H,21,25)/t17-,19-/m1/s1.